The Morgan fingerprint density at radius 2 is 1.30 bits per heavy atom. The van der Waals surface area contributed by atoms with Crippen molar-refractivity contribution in [2.24, 2.45) is 0 Å². The van der Waals surface area contributed by atoms with Crippen molar-refractivity contribution in [2.75, 3.05) is 0 Å². The van der Waals surface area contributed by atoms with E-state index in [2.05, 4.69) is 87.5 Å². The number of hydrogen-bond acceptors (Lipinski definition) is 4. The zero-order valence-corrected chi connectivity index (χ0v) is 24.5. The minimum absolute atomic E-state index is 0.123. The summed E-state index contributed by atoms with van der Waals surface area (Å²) >= 11 is 0. The van der Waals surface area contributed by atoms with E-state index in [4.69, 9.17) is 14.7 Å². The van der Waals surface area contributed by atoms with Gasteiger partial charge in [-0.2, -0.15) is 0 Å². The Bertz CT molecular complexity index is 1910. The molecule has 6 aromatic rings. The summed E-state index contributed by atoms with van der Waals surface area (Å²) in [4.78, 5) is 10.1. The molecule has 4 nitrogen and oxygen atoms in total. The van der Waals surface area contributed by atoms with E-state index in [0.29, 0.717) is 5.56 Å². The Morgan fingerprint density at radius 1 is 0.651 bits per heavy atom. The first-order chi connectivity index (χ1) is 20.9. The average molecular weight is 561 g/mol. The van der Waals surface area contributed by atoms with Crippen LogP contribution in [0.1, 0.15) is 48.7 Å². The highest BCUT2D eigenvalue weighted by atomic mass is 16.5. The maximum atomic E-state index is 10.7. The van der Waals surface area contributed by atoms with Crippen molar-refractivity contribution < 1.29 is 9.84 Å². The summed E-state index contributed by atoms with van der Waals surface area (Å²) in [6, 6.07) is 42.8. The highest BCUT2D eigenvalue weighted by molar-refractivity contribution is 5.74. The molecule has 0 aliphatic carbocycles. The predicted molar refractivity (Wildman–Crippen MR) is 172 cm³/mol. The number of para-hydroxylation sites is 3. The number of ether oxygens (including phenoxy) is 1. The fourth-order valence-electron chi connectivity index (χ4n) is 6.17. The molecule has 0 radical (unpaired) electrons. The fourth-order valence-corrected chi connectivity index (χ4v) is 6.17. The summed E-state index contributed by atoms with van der Waals surface area (Å²) in [6.45, 7) is 6.59. The monoisotopic (exact) mass is 560 g/mol. The molecule has 7 rings (SSSR count). The second-order valence-electron chi connectivity index (χ2n) is 12.0. The Balaban J connectivity index is 1.51. The first-order valence-electron chi connectivity index (χ1n) is 14.6. The van der Waals surface area contributed by atoms with Gasteiger partial charge < -0.3 is 9.84 Å². The largest absolute Gasteiger partial charge is 0.507 e. The fraction of sp³-hybridized carbons (Fsp3) is 0.128. The van der Waals surface area contributed by atoms with E-state index in [-0.39, 0.29) is 11.2 Å². The SMILES string of the molecule is CC(C)(C)c1cc(-c2cccc(C3(c4ccccn4)c4ccccc4Oc4ccccc43)c2)nc(-c2ccccc2O)c1. The summed E-state index contributed by atoms with van der Waals surface area (Å²) in [6.07, 6.45) is 1.86. The normalized spacial score (nSPS) is 13.5. The van der Waals surface area contributed by atoms with Crippen molar-refractivity contribution >= 4 is 0 Å². The Kier molecular flexibility index (Phi) is 6.36. The van der Waals surface area contributed by atoms with Crippen LogP contribution < -0.4 is 4.74 Å². The number of phenolic OH excluding ortho intramolecular Hbond substituents is 1. The van der Waals surface area contributed by atoms with E-state index in [1.165, 1.54) is 0 Å². The Labute approximate surface area is 252 Å². The number of benzene rings is 4. The summed E-state index contributed by atoms with van der Waals surface area (Å²) in [5.41, 5.74) is 7.65. The van der Waals surface area contributed by atoms with Gasteiger partial charge >= 0.3 is 0 Å². The second kappa shape index (κ2) is 10.2. The van der Waals surface area contributed by atoms with Gasteiger partial charge in [-0.05, 0) is 71.1 Å². The summed E-state index contributed by atoms with van der Waals surface area (Å²) in [7, 11) is 0. The van der Waals surface area contributed by atoms with E-state index in [0.717, 1.165) is 56.4 Å². The molecule has 210 valence electrons. The van der Waals surface area contributed by atoms with Crippen LogP contribution in [0.15, 0.2) is 134 Å². The molecule has 0 fully saturated rings. The summed E-state index contributed by atoms with van der Waals surface area (Å²) in [5.74, 6) is 1.84. The lowest BCUT2D eigenvalue weighted by Gasteiger charge is -2.40. The highest BCUT2D eigenvalue weighted by Crippen LogP contribution is 2.55. The minimum atomic E-state index is -0.717. The molecule has 0 saturated carbocycles. The van der Waals surface area contributed by atoms with Gasteiger partial charge in [-0.25, -0.2) is 4.98 Å². The van der Waals surface area contributed by atoms with Gasteiger partial charge in [-0.3, -0.25) is 4.98 Å². The molecule has 0 spiro atoms. The number of aromatic nitrogens is 2. The van der Waals surface area contributed by atoms with Crippen molar-refractivity contribution in [3.05, 3.63) is 162 Å². The Hall–Kier alpha value is -5.22. The molecular formula is C39H32N2O2. The number of rotatable bonds is 4. The third-order valence-corrected chi connectivity index (χ3v) is 8.31. The van der Waals surface area contributed by atoms with E-state index < -0.39 is 5.41 Å². The summed E-state index contributed by atoms with van der Waals surface area (Å²) < 4.78 is 6.46. The van der Waals surface area contributed by atoms with Crippen LogP contribution >= 0.6 is 0 Å². The van der Waals surface area contributed by atoms with E-state index in [1.807, 2.05) is 60.8 Å². The number of nitrogens with zero attached hydrogens (tertiary/aromatic N) is 2. The molecule has 3 heterocycles. The molecule has 0 amide bonds. The third kappa shape index (κ3) is 4.47. The van der Waals surface area contributed by atoms with Gasteiger partial charge in [0, 0.05) is 28.5 Å². The van der Waals surface area contributed by atoms with Crippen molar-refractivity contribution in [3.8, 4) is 39.8 Å². The number of fused-ring (bicyclic) bond motifs is 2. The molecule has 1 N–H and O–H groups in total. The van der Waals surface area contributed by atoms with Crippen LogP contribution in [0.3, 0.4) is 0 Å². The van der Waals surface area contributed by atoms with E-state index >= 15 is 0 Å². The summed E-state index contributed by atoms with van der Waals surface area (Å²) in [5, 5.41) is 10.7. The number of aromatic hydroxyl groups is 1. The predicted octanol–water partition coefficient (Wildman–Crippen LogP) is 9.30. The maximum absolute atomic E-state index is 10.7. The molecule has 1 aliphatic heterocycles. The standard InChI is InChI=1S/C39H32N2O2/c1-38(2,3)28-24-32(41-33(25-28)29-15-4-7-18-34(29)42)26-13-12-14-27(23-26)39(37-21-10-11-22-40-37)30-16-5-8-19-35(30)43-36-20-9-6-17-31(36)39/h4-25,42H,1-3H3. The van der Waals surface area contributed by atoms with E-state index in [9.17, 15) is 5.11 Å². The van der Waals surface area contributed by atoms with Gasteiger partial charge in [0.2, 0.25) is 0 Å². The lowest BCUT2D eigenvalue weighted by atomic mass is 9.65. The molecule has 0 unspecified atom stereocenters. The third-order valence-electron chi connectivity index (χ3n) is 8.31. The van der Waals surface area contributed by atoms with Gasteiger partial charge in [0.05, 0.1) is 22.5 Å². The smallest absolute Gasteiger partial charge is 0.132 e. The van der Waals surface area contributed by atoms with Crippen LogP contribution in [0.4, 0.5) is 0 Å². The van der Waals surface area contributed by atoms with Crippen molar-refractivity contribution in [3.63, 3.8) is 0 Å². The Morgan fingerprint density at radius 3 is 1.98 bits per heavy atom. The molecular weight excluding hydrogens is 528 g/mol. The van der Waals surface area contributed by atoms with Gasteiger partial charge in [0.1, 0.15) is 17.2 Å². The van der Waals surface area contributed by atoms with Crippen LogP contribution in [0.25, 0.3) is 22.5 Å². The van der Waals surface area contributed by atoms with Crippen LogP contribution in [0, 0.1) is 0 Å². The maximum Gasteiger partial charge on any atom is 0.132 e. The molecule has 0 atom stereocenters. The molecule has 43 heavy (non-hydrogen) atoms. The zero-order valence-electron chi connectivity index (χ0n) is 24.5. The number of phenols is 1. The second-order valence-corrected chi connectivity index (χ2v) is 12.0. The molecule has 4 aromatic carbocycles. The van der Waals surface area contributed by atoms with Gasteiger partial charge in [-0.15, -0.1) is 0 Å². The minimum Gasteiger partial charge on any atom is -0.507 e. The van der Waals surface area contributed by atoms with Gasteiger partial charge in [0.15, 0.2) is 0 Å². The highest BCUT2D eigenvalue weighted by Gasteiger charge is 2.46. The quantitative estimate of drug-likeness (QED) is 0.233. The lowest BCUT2D eigenvalue weighted by molar-refractivity contribution is 0.432. The molecule has 4 heteroatoms. The van der Waals surface area contributed by atoms with Gasteiger partial charge in [0.25, 0.3) is 0 Å². The average Bonchev–Trinajstić information content (AvgIpc) is 3.04. The zero-order chi connectivity index (χ0) is 29.6. The molecule has 1 aliphatic rings. The van der Waals surface area contributed by atoms with Crippen LogP contribution in [0.5, 0.6) is 17.2 Å². The van der Waals surface area contributed by atoms with E-state index in [1.54, 1.807) is 6.07 Å². The lowest BCUT2D eigenvalue weighted by Crippen LogP contribution is -2.35. The number of hydrogen-bond donors (Lipinski definition) is 1. The van der Waals surface area contributed by atoms with Crippen LogP contribution in [-0.4, -0.2) is 15.1 Å². The van der Waals surface area contributed by atoms with Crippen molar-refractivity contribution in [2.45, 2.75) is 31.6 Å². The number of pyridine rings is 2. The molecule has 2 aromatic heterocycles. The van der Waals surface area contributed by atoms with Gasteiger partial charge in [-0.1, -0.05) is 93.6 Å². The first-order valence-corrected chi connectivity index (χ1v) is 14.6. The first kappa shape index (κ1) is 26.7. The van der Waals surface area contributed by atoms with Crippen molar-refractivity contribution in [1.29, 1.82) is 0 Å². The topological polar surface area (TPSA) is 55.2 Å². The van der Waals surface area contributed by atoms with Crippen molar-refractivity contribution in [1.82, 2.24) is 9.97 Å². The molecule has 0 bridgehead atoms. The van der Waals surface area contributed by atoms with Crippen LogP contribution in [0.2, 0.25) is 0 Å². The van der Waals surface area contributed by atoms with Crippen LogP contribution in [-0.2, 0) is 10.8 Å². The molecule has 0 saturated heterocycles.